The fraction of sp³-hybridized carbons (Fsp3) is 0.588. The lowest BCUT2D eigenvalue weighted by Crippen LogP contribution is -2.25. The minimum absolute atomic E-state index is 0.00110. The fourth-order valence-corrected chi connectivity index (χ4v) is 2.84. The van der Waals surface area contributed by atoms with Crippen LogP contribution in [-0.2, 0) is 23.2 Å². The average Bonchev–Trinajstić information content (AvgIpc) is 2.75. The van der Waals surface area contributed by atoms with E-state index >= 15 is 0 Å². The molecule has 2 aromatic rings. The summed E-state index contributed by atoms with van der Waals surface area (Å²) in [6.45, 7) is 10.1. The molecule has 1 unspecified atom stereocenters. The molecule has 1 atom stereocenters. The Kier molecular flexibility index (Phi) is 4.69. The molecule has 1 aromatic heterocycles. The van der Waals surface area contributed by atoms with Crippen LogP contribution in [0.4, 0.5) is 0 Å². The number of ether oxygens (including phenoxy) is 1. The molecule has 0 bridgehead atoms. The van der Waals surface area contributed by atoms with Gasteiger partial charge in [-0.25, -0.2) is 4.98 Å². The minimum atomic E-state index is 0.00110. The van der Waals surface area contributed by atoms with Gasteiger partial charge in [-0.1, -0.05) is 13.0 Å². The van der Waals surface area contributed by atoms with E-state index in [0.717, 1.165) is 29.9 Å². The first-order valence-corrected chi connectivity index (χ1v) is 7.56. The Labute approximate surface area is 127 Å². The van der Waals surface area contributed by atoms with Crippen molar-refractivity contribution in [3.63, 3.8) is 0 Å². The number of nitrogens with zero attached hydrogens (tertiary/aromatic N) is 2. The van der Waals surface area contributed by atoms with Crippen LogP contribution in [0.1, 0.15) is 39.1 Å². The van der Waals surface area contributed by atoms with E-state index in [0.29, 0.717) is 12.5 Å². The van der Waals surface area contributed by atoms with Gasteiger partial charge in [-0.05, 0) is 44.4 Å². The second kappa shape index (κ2) is 6.16. The molecule has 2 N–H and O–H groups in total. The molecule has 0 amide bonds. The summed E-state index contributed by atoms with van der Waals surface area (Å²) in [7, 11) is 1.75. The third-order valence-corrected chi connectivity index (χ3v) is 3.68. The van der Waals surface area contributed by atoms with Gasteiger partial charge in [0.1, 0.15) is 5.82 Å². The van der Waals surface area contributed by atoms with Crippen LogP contribution in [0.5, 0.6) is 0 Å². The van der Waals surface area contributed by atoms with Crippen LogP contribution in [0.2, 0.25) is 0 Å². The van der Waals surface area contributed by atoms with Crippen LogP contribution in [0.15, 0.2) is 18.2 Å². The van der Waals surface area contributed by atoms with E-state index in [1.807, 2.05) is 0 Å². The number of imidazole rings is 1. The standard InChI is InChI=1S/C17H27N3O/c1-12(11-21-5)8-16-19-14-9-13(10-18)6-7-15(14)20(16)17(2,3)4/h6-7,9,12H,8,10-11,18H2,1-5H3. The van der Waals surface area contributed by atoms with Crippen molar-refractivity contribution >= 4 is 11.0 Å². The first-order valence-electron chi connectivity index (χ1n) is 7.56. The smallest absolute Gasteiger partial charge is 0.110 e. The van der Waals surface area contributed by atoms with Gasteiger partial charge < -0.3 is 15.0 Å². The highest BCUT2D eigenvalue weighted by atomic mass is 16.5. The number of rotatable bonds is 5. The lowest BCUT2D eigenvalue weighted by atomic mass is 10.0. The predicted molar refractivity (Wildman–Crippen MR) is 87.4 cm³/mol. The van der Waals surface area contributed by atoms with E-state index in [2.05, 4.69) is 50.5 Å². The van der Waals surface area contributed by atoms with Crippen molar-refractivity contribution in [2.24, 2.45) is 11.7 Å². The van der Waals surface area contributed by atoms with E-state index < -0.39 is 0 Å². The van der Waals surface area contributed by atoms with Gasteiger partial charge in [0.25, 0.3) is 0 Å². The maximum atomic E-state index is 5.74. The highest BCUT2D eigenvalue weighted by Crippen LogP contribution is 2.27. The predicted octanol–water partition coefficient (Wildman–Crippen LogP) is 3.08. The van der Waals surface area contributed by atoms with Crippen LogP contribution in [0, 0.1) is 5.92 Å². The molecule has 0 aliphatic rings. The molecule has 0 aliphatic carbocycles. The molecule has 0 saturated carbocycles. The minimum Gasteiger partial charge on any atom is -0.384 e. The summed E-state index contributed by atoms with van der Waals surface area (Å²) in [6.07, 6.45) is 0.914. The van der Waals surface area contributed by atoms with Crippen molar-refractivity contribution < 1.29 is 4.74 Å². The zero-order chi connectivity index (χ0) is 15.6. The molecule has 0 saturated heterocycles. The number of aromatic nitrogens is 2. The maximum Gasteiger partial charge on any atom is 0.110 e. The fourth-order valence-electron chi connectivity index (χ4n) is 2.84. The van der Waals surface area contributed by atoms with Crippen LogP contribution in [0.3, 0.4) is 0 Å². The van der Waals surface area contributed by atoms with Crippen molar-refractivity contribution in [2.45, 2.75) is 46.2 Å². The second-order valence-electron chi connectivity index (χ2n) is 6.83. The highest BCUT2D eigenvalue weighted by molar-refractivity contribution is 5.77. The van der Waals surface area contributed by atoms with Crippen molar-refractivity contribution in [3.05, 3.63) is 29.6 Å². The summed E-state index contributed by atoms with van der Waals surface area (Å²) in [6, 6.07) is 6.33. The van der Waals surface area contributed by atoms with E-state index in [1.54, 1.807) is 7.11 Å². The van der Waals surface area contributed by atoms with Crippen LogP contribution in [-0.4, -0.2) is 23.3 Å². The molecule has 0 radical (unpaired) electrons. The Bertz CT molecular complexity index is 610. The Hall–Kier alpha value is -1.39. The summed E-state index contributed by atoms with van der Waals surface area (Å²) in [4.78, 5) is 4.86. The largest absolute Gasteiger partial charge is 0.384 e. The van der Waals surface area contributed by atoms with Gasteiger partial charge in [0.15, 0.2) is 0 Å². The molecular formula is C17H27N3O. The maximum absolute atomic E-state index is 5.74. The number of hydrogen-bond acceptors (Lipinski definition) is 3. The van der Waals surface area contributed by atoms with Crippen LogP contribution >= 0.6 is 0 Å². The first-order chi connectivity index (χ1) is 9.86. The number of benzene rings is 1. The third-order valence-electron chi connectivity index (χ3n) is 3.68. The molecule has 1 heterocycles. The van der Waals surface area contributed by atoms with E-state index in [4.69, 9.17) is 15.5 Å². The SMILES string of the molecule is COCC(C)Cc1nc2cc(CN)ccc2n1C(C)(C)C. The van der Waals surface area contributed by atoms with Gasteiger partial charge in [-0.3, -0.25) is 0 Å². The lowest BCUT2D eigenvalue weighted by molar-refractivity contribution is 0.157. The number of nitrogens with two attached hydrogens (primary N) is 1. The summed E-state index contributed by atoms with van der Waals surface area (Å²) in [5, 5.41) is 0. The third kappa shape index (κ3) is 3.44. The second-order valence-corrected chi connectivity index (χ2v) is 6.83. The van der Waals surface area contributed by atoms with E-state index in [1.165, 1.54) is 5.52 Å². The van der Waals surface area contributed by atoms with Crippen LogP contribution < -0.4 is 5.73 Å². The Balaban J connectivity index is 2.52. The molecule has 2 rings (SSSR count). The number of hydrogen-bond donors (Lipinski definition) is 1. The molecule has 0 aliphatic heterocycles. The number of methoxy groups -OCH3 is 1. The lowest BCUT2D eigenvalue weighted by Gasteiger charge is -2.25. The molecular weight excluding hydrogens is 262 g/mol. The van der Waals surface area contributed by atoms with Crippen molar-refractivity contribution in [2.75, 3.05) is 13.7 Å². The summed E-state index contributed by atoms with van der Waals surface area (Å²) in [5.41, 5.74) is 9.08. The van der Waals surface area contributed by atoms with Gasteiger partial charge in [0, 0.05) is 32.2 Å². The van der Waals surface area contributed by atoms with Gasteiger partial charge >= 0.3 is 0 Å². The summed E-state index contributed by atoms with van der Waals surface area (Å²) >= 11 is 0. The Morgan fingerprint density at radius 1 is 1.33 bits per heavy atom. The zero-order valence-electron chi connectivity index (χ0n) is 13.8. The number of fused-ring (bicyclic) bond motifs is 1. The van der Waals surface area contributed by atoms with Gasteiger partial charge in [-0.2, -0.15) is 0 Å². The highest BCUT2D eigenvalue weighted by Gasteiger charge is 2.22. The summed E-state index contributed by atoms with van der Waals surface area (Å²) < 4.78 is 7.60. The molecule has 1 aromatic carbocycles. The molecule has 116 valence electrons. The molecule has 4 heteroatoms. The Morgan fingerprint density at radius 2 is 2.05 bits per heavy atom. The van der Waals surface area contributed by atoms with E-state index in [-0.39, 0.29) is 5.54 Å². The van der Waals surface area contributed by atoms with Crippen molar-refractivity contribution in [1.82, 2.24) is 9.55 Å². The molecule has 0 fully saturated rings. The molecule has 21 heavy (non-hydrogen) atoms. The normalized spacial score (nSPS) is 13.8. The topological polar surface area (TPSA) is 53.1 Å². The first kappa shape index (κ1) is 16.0. The van der Waals surface area contributed by atoms with Crippen LogP contribution in [0.25, 0.3) is 11.0 Å². The van der Waals surface area contributed by atoms with Gasteiger partial charge in [0.2, 0.25) is 0 Å². The molecule has 4 nitrogen and oxygen atoms in total. The van der Waals surface area contributed by atoms with Gasteiger partial charge in [0.05, 0.1) is 11.0 Å². The van der Waals surface area contributed by atoms with Crippen molar-refractivity contribution in [1.29, 1.82) is 0 Å². The quantitative estimate of drug-likeness (QED) is 0.920. The Morgan fingerprint density at radius 3 is 2.62 bits per heavy atom. The molecule has 0 spiro atoms. The van der Waals surface area contributed by atoms with E-state index in [9.17, 15) is 0 Å². The zero-order valence-corrected chi connectivity index (χ0v) is 13.8. The van der Waals surface area contributed by atoms with Crippen molar-refractivity contribution in [3.8, 4) is 0 Å². The monoisotopic (exact) mass is 289 g/mol. The van der Waals surface area contributed by atoms with Gasteiger partial charge in [-0.15, -0.1) is 0 Å². The summed E-state index contributed by atoms with van der Waals surface area (Å²) in [5.74, 6) is 1.57. The average molecular weight is 289 g/mol.